The summed E-state index contributed by atoms with van der Waals surface area (Å²) < 4.78 is 0. The highest BCUT2D eigenvalue weighted by atomic mass is 35.5. The Morgan fingerprint density at radius 2 is 2.05 bits per heavy atom. The van der Waals surface area contributed by atoms with E-state index in [1.54, 1.807) is 6.07 Å². The molecule has 1 aromatic heterocycles. The number of nitrogens with zero attached hydrogens (tertiary/aromatic N) is 3. The standard InChI is InChI=1S/C10H4ClN3O3.C2H6/c11-10-7-2-9(15)5(3-12)1-6(7)8(4-13-10)14(16)17;1-2/h1-2,4,15H;1-2H3. The number of aromatic hydroxyl groups is 1. The molecule has 0 bridgehead atoms. The van der Waals surface area contributed by atoms with Crippen LogP contribution in [0.5, 0.6) is 5.75 Å². The van der Waals surface area contributed by atoms with E-state index in [2.05, 4.69) is 4.98 Å². The van der Waals surface area contributed by atoms with Crippen LogP contribution in [0.2, 0.25) is 5.15 Å². The maximum absolute atomic E-state index is 10.8. The van der Waals surface area contributed by atoms with E-state index in [9.17, 15) is 15.2 Å². The maximum Gasteiger partial charge on any atom is 0.295 e. The number of nitriles is 1. The fourth-order valence-corrected chi connectivity index (χ4v) is 1.67. The second kappa shape index (κ2) is 5.98. The number of halogens is 1. The van der Waals surface area contributed by atoms with Crippen molar-refractivity contribution in [2.45, 2.75) is 13.8 Å². The fourth-order valence-electron chi connectivity index (χ4n) is 1.46. The predicted octanol–water partition coefficient (Wildman–Crippen LogP) is 3.40. The van der Waals surface area contributed by atoms with Gasteiger partial charge < -0.3 is 5.11 Å². The molecule has 2 rings (SSSR count). The van der Waals surface area contributed by atoms with Gasteiger partial charge in [-0.2, -0.15) is 5.26 Å². The monoisotopic (exact) mass is 279 g/mol. The largest absolute Gasteiger partial charge is 0.507 e. The van der Waals surface area contributed by atoms with Crippen LogP contribution >= 0.6 is 11.6 Å². The third-order valence-electron chi connectivity index (χ3n) is 2.25. The number of aromatic nitrogens is 1. The Kier molecular flexibility index (Phi) is 4.62. The molecule has 0 aliphatic rings. The molecule has 98 valence electrons. The van der Waals surface area contributed by atoms with Crippen LogP contribution in [-0.2, 0) is 0 Å². The highest BCUT2D eigenvalue weighted by molar-refractivity contribution is 6.34. The number of phenolic OH excluding ortho intramolecular Hbond substituents is 1. The normalized spacial score (nSPS) is 9.37. The van der Waals surface area contributed by atoms with E-state index in [0.717, 1.165) is 6.20 Å². The Labute approximate surface area is 114 Å². The summed E-state index contributed by atoms with van der Waals surface area (Å²) in [5.74, 6) is -0.288. The lowest BCUT2D eigenvalue weighted by molar-refractivity contribution is -0.383. The molecule has 0 amide bonds. The average Bonchev–Trinajstić information content (AvgIpc) is 2.41. The van der Waals surface area contributed by atoms with Gasteiger partial charge in [-0.25, -0.2) is 4.98 Å². The van der Waals surface area contributed by atoms with E-state index in [1.807, 2.05) is 13.8 Å². The summed E-state index contributed by atoms with van der Waals surface area (Å²) in [5, 5.41) is 29.5. The van der Waals surface area contributed by atoms with Crippen LogP contribution in [0.3, 0.4) is 0 Å². The van der Waals surface area contributed by atoms with E-state index in [0.29, 0.717) is 0 Å². The summed E-state index contributed by atoms with van der Waals surface area (Å²) in [6.07, 6.45) is 1.02. The molecular formula is C12H10ClN3O3. The van der Waals surface area contributed by atoms with Crippen molar-refractivity contribution in [2.75, 3.05) is 0 Å². The molecule has 2 aromatic rings. The molecule has 0 radical (unpaired) electrons. The fraction of sp³-hybridized carbons (Fsp3) is 0.167. The quantitative estimate of drug-likeness (QED) is 0.490. The van der Waals surface area contributed by atoms with Crippen LogP contribution in [-0.4, -0.2) is 15.0 Å². The topological polar surface area (TPSA) is 100 Å². The van der Waals surface area contributed by atoms with Gasteiger partial charge in [-0.3, -0.25) is 10.1 Å². The highest BCUT2D eigenvalue weighted by Crippen LogP contribution is 2.33. The van der Waals surface area contributed by atoms with E-state index in [1.165, 1.54) is 12.1 Å². The Morgan fingerprint density at radius 3 is 2.58 bits per heavy atom. The third-order valence-corrected chi connectivity index (χ3v) is 2.55. The van der Waals surface area contributed by atoms with Crippen LogP contribution in [0.25, 0.3) is 10.8 Å². The van der Waals surface area contributed by atoms with Crippen LogP contribution < -0.4 is 0 Å². The molecule has 0 unspecified atom stereocenters. The summed E-state index contributed by atoms with van der Waals surface area (Å²) in [7, 11) is 0. The van der Waals surface area contributed by atoms with Crippen LogP contribution in [0.1, 0.15) is 19.4 Å². The van der Waals surface area contributed by atoms with Crippen molar-refractivity contribution in [3.8, 4) is 11.8 Å². The summed E-state index contributed by atoms with van der Waals surface area (Å²) in [6.45, 7) is 4.00. The molecule has 0 saturated carbocycles. The zero-order valence-electron chi connectivity index (χ0n) is 10.2. The lowest BCUT2D eigenvalue weighted by Crippen LogP contribution is -1.92. The van der Waals surface area contributed by atoms with Crippen molar-refractivity contribution >= 4 is 28.1 Å². The first kappa shape index (κ1) is 14.7. The molecule has 0 aliphatic carbocycles. The molecule has 0 spiro atoms. The van der Waals surface area contributed by atoms with Gasteiger partial charge in [0.1, 0.15) is 23.2 Å². The minimum absolute atomic E-state index is 0.0328. The molecule has 0 saturated heterocycles. The maximum atomic E-state index is 10.8. The van der Waals surface area contributed by atoms with Crippen LogP contribution in [0.15, 0.2) is 18.3 Å². The number of benzene rings is 1. The van der Waals surface area contributed by atoms with Gasteiger partial charge in [-0.15, -0.1) is 0 Å². The molecule has 0 aliphatic heterocycles. The van der Waals surface area contributed by atoms with Crippen LogP contribution in [0.4, 0.5) is 5.69 Å². The zero-order valence-corrected chi connectivity index (χ0v) is 11.0. The molecule has 0 atom stereocenters. The van der Waals surface area contributed by atoms with Gasteiger partial charge in [-0.05, 0) is 12.1 Å². The molecule has 1 heterocycles. The molecule has 19 heavy (non-hydrogen) atoms. The minimum Gasteiger partial charge on any atom is -0.507 e. The average molecular weight is 280 g/mol. The van der Waals surface area contributed by atoms with E-state index in [-0.39, 0.29) is 32.9 Å². The predicted molar refractivity (Wildman–Crippen MR) is 71.1 cm³/mol. The molecule has 1 aromatic carbocycles. The first-order valence-electron chi connectivity index (χ1n) is 5.40. The van der Waals surface area contributed by atoms with Crippen molar-refractivity contribution in [3.63, 3.8) is 0 Å². The SMILES string of the molecule is CC.N#Cc1cc2c([N+](=O)[O-])cnc(Cl)c2cc1O. The van der Waals surface area contributed by atoms with Gasteiger partial charge in [0, 0.05) is 5.39 Å². The Morgan fingerprint density at radius 1 is 1.42 bits per heavy atom. The highest BCUT2D eigenvalue weighted by Gasteiger charge is 2.17. The number of fused-ring (bicyclic) bond motifs is 1. The second-order valence-electron chi connectivity index (χ2n) is 3.22. The van der Waals surface area contributed by atoms with Crippen molar-refractivity contribution < 1.29 is 10.0 Å². The van der Waals surface area contributed by atoms with Crippen molar-refractivity contribution in [1.82, 2.24) is 4.98 Å². The second-order valence-corrected chi connectivity index (χ2v) is 3.58. The minimum atomic E-state index is -0.621. The Hall–Kier alpha value is -2.39. The van der Waals surface area contributed by atoms with Crippen molar-refractivity contribution in [1.29, 1.82) is 5.26 Å². The molecule has 6 nitrogen and oxygen atoms in total. The smallest absolute Gasteiger partial charge is 0.295 e. The first-order valence-corrected chi connectivity index (χ1v) is 5.78. The number of hydrogen-bond acceptors (Lipinski definition) is 5. The summed E-state index contributed by atoms with van der Waals surface area (Å²) in [6, 6.07) is 4.15. The third kappa shape index (κ3) is 2.72. The van der Waals surface area contributed by atoms with E-state index >= 15 is 0 Å². The lowest BCUT2D eigenvalue weighted by Gasteiger charge is -2.03. The lowest BCUT2D eigenvalue weighted by atomic mass is 10.1. The summed E-state index contributed by atoms with van der Waals surface area (Å²) in [5.41, 5.74) is -0.316. The number of phenols is 1. The van der Waals surface area contributed by atoms with Crippen LogP contribution in [0, 0.1) is 21.4 Å². The molecule has 7 heteroatoms. The van der Waals surface area contributed by atoms with Gasteiger partial charge >= 0.3 is 0 Å². The number of hydrogen-bond donors (Lipinski definition) is 1. The number of pyridine rings is 1. The first-order chi connectivity index (χ1) is 9.04. The Bertz CT molecular complexity index is 680. The van der Waals surface area contributed by atoms with Gasteiger partial charge in [0.25, 0.3) is 5.69 Å². The van der Waals surface area contributed by atoms with Crippen molar-refractivity contribution in [2.24, 2.45) is 0 Å². The molecule has 1 N–H and O–H groups in total. The van der Waals surface area contributed by atoms with E-state index < -0.39 is 4.92 Å². The molecule has 0 fully saturated rings. The summed E-state index contributed by atoms with van der Waals surface area (Å²) >= 11 is 5.77. The Balaban J connectivity index is 0.000000861. The van der Waals surface area contributed by atoms with Gasteiger partial charge in [0.2, 0.25) is 0 Å². The zero-order chi connectivity index (χ0) is 14.6. The number of rotatable bonds is 1. The van der Waals surface area contributed by atoms with E-state index in [4.69, 9.17) is 16.9 Å². The number of nitro groups is 1. The molecular weight excluding hydrogens is 270 g/mol. The summed E-state index contributed by atoms with van der Waals surface area (Å²) in [4.78, 5) is 13.8. The van der Waals surface area contributed by atoms with Gasteiger partial charge in [0.15, 0.2) is 0 Å². The van der Waals surface area contributed by atoms with Crippen molar-refractivity contribution in [3.05, 3.63) is 39.2 Å². The van der Waals surface area contributed by atoms with Gasteiger partial charge in [-0.1, -0.05) is 25.4 Å². The van der Waals surface area contributed by atoms with Gasteiger partial charge in [0.05, 0.1) is 15.9 Å².